The lowest BCUT2D eigenvalue weighted by atomic mass is 9.87. The molecule has 0 radical (unpaired) electrons. The van der Waals surface area contributed by atoms with Gasteiger partial charge in [-0.2, -0.15) is 0 Å². The molecule has 0 saturated carbocycles. The van der Waals surface area contributed by atoms with Crippen LogP contribution >= 0.6 is 0 Å². The summed E-state index contributed by atoms with van der Waals surface area (Å²) in [6, 6.07) is 10.9. The fourth-order valence-corrected chi connectivity index (χ4v) is 3.78. The van der Waals surface area contributed by atoms with Crippen molar-refractivity contribution in [3.8, 4) is 0 Å². The van der Waals surface area contributed by atoms with Crippen LogP contribution in [0.15, 0.2) is 30.3 Å². The molecule has 162 valence electrons. The highest BCUT2D eigenvalue weighted by molar-refractivity contribution is 5.79. The normalized spacial score (nSPS) is 17.9. The molecule has 0 aliphatic carbocycles. The lowest BCUT2D eigenvalue weighted by molar-refractivity contribution is -0.151. The van der Waals surface area contributed by atoms with Crippen LogP contribution in [0.25, 0.3) is 0 Å². The summed E-state index contributed by atoms with van der Waals surface area (Å²) >= 11 is 0. The summed E-state index contributed by atoms with van der Waals surface area (Å²) in [6.45, 7) is 12.2. The summed E-state index contributed by atoms with van der Waals surface area (Å²) in [4.78, 5) is 29.2. The third-order valence-electron chi connectivity index (χ3n) is 5.65. The molecule has 1 atom stereocenters. The highest BCUT2D eigenvalue weighted by Gasteiger charge is 2.31. The molecule has 1 fully saturated rings. The van der Waals surface area contributed by atoms with Gasteiger partial charge in [-0.1, -0.05) is 30.3 Å². The first-order valence-corrected chi connectivity index (χ1v) is 10.6. The minimum Gasteiger partial charge on any atom is -0.469 e. The highest BCUT2D eigenvalue weighted by Crippen LogP contribution is 2.25. The zero-order valence-electron chi connectivity index (χ0n) is 18.6. The fraction of sp³-hybridized carbons (Fsp3) is 0.652. The molecule has 6 nitrogen and oxygen atoms in total. The van der Waals surface area contributed by atoms with E-state index in [2.05, 4.69) is 34.5 Å². The van der Waals surface area contributed by atoms with E-state index in [1.807, 2.05) is 38.7 Å². The molecule has 1 N–H and O–H groups in total. The Balaban J connectivity index is 1.91. The van der Waals surface area contributed by atoms with E-state index in [0.29, 0.717) is 19.4 Å². The number of rotatable bonds is 9. The Morgan fingerprint density at radius 1 is 1.28 bits per heavy atom. The molecule has 1 amide bonds. The van der Waals surface area contributed by atoms with E-state index < -0.39 is 5.41 Å². The molecule has 1 aromatic carbocycles. The molecule has 0 unspecified atom stereocenters. The van der Waals surface area contributed by atoms with Gasteiger partial charge in [0, 0.05) is 51.2 Å². The zero-order chi connectivity index (χ0) is 21.4. The lowest BCUT2D eigenvalue weighted by Gasteiger charge is -2.38. The molecular formula is C23H37N3O3. The molecule has 1 saturated heterocycles. The van der Waals surface area contributed by atoms with Gasteiger partial charge in [0.25, 0.3) is 0 Å². The van der Waals surface area contributed by atoms with Gasteiger partial charge in [-0.25, -0.2) is 0 Å². The number of benzene rings is 1. The monoisotopic (exact) mass is 403 g/mol. The SMILES string of the molecule is COC(=O)C(C)(C)CCC(=O)N(C[C@@H]1CN(Cc2ccccc2)CCN1)C(C)C. The van der Waals surface area contributed by atoms with Gasteiger partial charge in [0.05, 0.1) is 12.5 Å². The molecule has 29 heavy (non-hydrogen) atoms. The molecule has 1 heterocycles. The predicted octanol–water partition coefficient (Wildman–Crippen LogP) is 2.68. The van der Waals surface area contributed by atoms with Gasteiger partial charge in [0.15, 0.2) is 0 Å². The molecule has 1 aliphatic rings. The van der Waals surface area contributed by atoms with Crippen LogP contribution in [0.1, 0.15) is 46.1 Å². The van der Waals surface area contributed by atoms with E-state index in [0.717, 1.165) is 26.2 Å². The first-order chi connectivity index (χ1) is 13.7. The number of nitrogens with zero attached hydrogens (tertiary/aromatic N) is 2. The predicted molar refractivity (Wildman–Crippen MR) is 115 cm³/mol. The second-order valence-corrected chi connectivity index (χ2v) is 8.89. The molecule has 2 rings (SSSR count). The Morgan fingerprint density at radius 3 is 2.59 bits per heavy atom. The average molecular weight is 404 g/mol. The van der Waals surface area contributed by atoms with Crippen LogP contribution < -0.4 is 5.32 Å². The third-order valence-corrected chi connectivity index (χ3v) is 5.65. The van der Waals surface area contributed by atoms with Crippen LogP contribution in [0.4, 0.5) is 0 Å². The largest absolute Gasteiger partial charge is 0.469 e. The number of methoxy groups -OCH3 is 1. The number of ether oxygens (including phenoxy) is 1. The van der Waals surface area contributed by atoms with Crippen LogP contribution in [0, 0.1) is 5.41 Å². The number of carbonyl (C=O) groups is 2. The van der Waals surface area contributed by atoms with Crippen molar-refractivity contribution in [2.75, 3.05) is 33.3 Å². The first kappa shape index (κ1) is 23.4. The minimum absolute atomic E-state index is 0.0963. The van der Waals surface area contributed by atoms with Gasteiger partial charge in [0.2, 0.25) is 5.91 Å². The number of amides is 1. The number of nitrogens with one attached hydrogen (secondary N) is 1. The Hall–Kier alpha value is -1.92. The van der Waals surface area contributed by atoms with Crippen LogP contribution in [-0.2, 0) is 20.9 Å². The maximum Gasteiger partial charge on any atom is 0.311 e. The zero-order valence-corrected chi connectivity index (χ0v) is 18.6. The number of esters is 1. The topological polar surface area (TPSA) is 61.9 Å². The van der Waals surface area contributed by atoms with Gasteiger partial charge in [-0.3, -0.25) is 14.5 Å². The molecule has 0 bridgehead atoms. The van der Waals surface area contributed by atoms with Gasteiger partial charge < -0.3 is 15.0 Å². The first-order valence-electron chi connectivity index (χ1n) is 10.6. The van der Waals surface area contributed by atoms with Crippen LogP contribution in [0.5, 0.6) is 0 Å². The maximum atomic E-state index is 12.9. The molecule has 0 aromatic heterocycles. The number of piperazine rings is 1. The average Bonchev–Trinajstić information content (AvgIpc) is 2.70. The third kappa shape index (κ3) is 7.12. The highest BCUT2D eigenvalue weighted by atomic mass is 16.5. The van der Waals surface area contributed by atoms with Gasteiger partial charge >= 0.3 is 5.97 Å². The second kappa shape index (κ2) is 10.7. The lowest BCUT2D eigenvalue weighted by Crippen LogP contribution is -2.56. The minimum atomic E-state index is -0.650. The fourth-order valence-electron chi connectivity index (χ4n) is 3.78. The van der Waals surface area contributed by atoms with E-state index in [1.54, 1.807) is 0 Å². The summed E-state index contributed by atoms with van der Waals surface area (Å²) in [7, 11) is 1.39. The smallest absolute Gasteiger partial charge is 0.311 e. The van der Waals surface area contributed by atoms with Crippen molar-refractivity contribution in [1.29, 1.82) is 0 Å². The van der Waals surface area contributed by atoms with Crippen molar-refractivity contribution in [1.82, 2.24) is 15.1 Å². The Kier molecular flexibility index (Phi) is 8.65. The van der Waals surface area contributed by atoms with Crippen LogP contribution in [0.3, 0.4) is 0 Å². The quantitative estimate of drug-likeness (QED) is 0.643. The second-order valence-electron chi connectivity index (χ2n) is 8.89. The van der Waals surface area contributed by atoms with Crippen molar-refractivity contribution < 1.29 is 14.3 Å². The summed E-state index contributed by atoms with van der Waals surface area (Å²) in [5.74, 6) is -0.175. The summed E-state index contributed by atoms with van der Waals surface area (Å²) in [5.41, 5.74) is 0.665. The summed E-state index contributed by atoms with van der Waals surface area (Å²) < 4.78 is 4.86. The summed E-state index contributed by atoms with van der Waals surface area (Å²) in [6.07, 6.45) is 0.834. The molecule has 1 aliphatic heterocycles. The van der Waals surface area contributed by atoms with Crippen LogP contribution in [-0.4, -0.2) is 67.0 Å². The van der Waals surface area contributed by atoms with Crippen molar-refractivity contribution in [2.24, 2.45) is 5.41 Å². The van der Waals surface area contributed by atoms with Gasteiger partial charge in [0.1, 0.15) is 0 Å². The number of hydrogen-bond donors (Lipinski definition) is 1. The molecule has 6 heteroatoms. The maximum absolute atomic E-state index is 12.9. The van der Waals surface area contributed by atoms with E-state index in [4.69, 9.17) is 4.74 Å². The summed E-state index contributed by atoms with van der Waals surface area (Å²) in [5, 5.41) is 3.57. The van der Waals surface area contributed by atoms with Crippen LogP contribution in [0.2, 0.25) is 0 Å². The standard InChI is InChI=1S/C23H37N3O3/c1-18(2)26(21(27)11-12-23(3,4)22(28)29-5)17-20-16-25(14-13-24-20)15-19-9-7-6-8-10-19/h6-10,18,20,24H,11-17H2,1-5H3/t20-/m0/s1. The molecule has 1 aromatic rings. The van der Waals surface area contributed by atoms with Crippen molar-refractivity contribution in [2.45, 2.75) is 59.2 Å². The van der Waals surface area contributed by atoms with Gasteiger partial charge in [-0.05, 0) is 39.7 Å². The van der Waals surface area contributed by atoms with Crippen molar-refractivity contribution in [3.05, 3.63) is 35.9 Å². The van der Waals surface area contributed by atoms with E-state index in [1.165, 1.54) is 12.7 Å². The number of hydrogen-bond acceptors (Lipinski definition) is 5. The van der Waals surface area contributed by atoms with E-state index >= 15 is 0 Å². The van der Waals surface area contributed by atoms with Gasteiger partial charge in [-0.15, -0.1) is 0 Å². The van der Waals surface area contributed by atoms with Crippen molar-refractivity contribution in [3.63, 3.8) is 0 Å². The van der Waals surface area contributed by atoms with Crippen molar-refractivity contribution >= 4 is 11.9 Å². The molecular weight excluding hydrogens is 366 g/mol. The molecule has 0 spiro atoms. The number of carbonyl (C=O) groups excluding carboxylic acids is 2. The van der Waals surface area contributed by atoms with E-state index in [-0.39, 0.29) is 24.0 Å². The Bertz CT molecular complexity index is 661. The Labute approximate surface area is 175 Å². The Morgan fingerprint density at radius 2 is 1.97 bits per heavy atom. The van der Waals surface area contributed by atoms with E-state index in [9.17, 15) is 9.59 Å².